The van der Waals surface area contributed by atoms with Crippen LogP contribution < -0.4 is 10.6 Å². The summed E-state index contributed by atoms with van der Waals surface area (Å²) in [5.74, 6) is 1.16. The van der Waals surface area contributed by atoms with E-state index in [0.717, 1.165) is 0 Å². The highest BCUT2D eigenvalue weighted by Gasteiger charge is 2.17. The minimum atomic E-state index is -0.422. The summed E-state index contributed by atoms with van der Waals surface area (Å²) in [7, 11) is 0. The van der Waals surface area contributed by atoms with Crippen molar-refractivity contribution >= 4 is 29.4 Å². The van der Waals surface area contributed by atoms with Crippen LogP contribution >= 0.6 is 11.6 Å². The highest BCUT2D eigenvalue weighted by atomic mass is 35.5. The second kappa shape index (κ2) is 9.36. The van der Waals surface area contributed by atoms with Crippen LogP contribution in [-0.2, 0) is 0 Å². The van der Waals surface area contributed by atoms with Crippen LogP contribution in [-0.4, -0.2) is 16.0 Å². The van der Waals surface area contributed by atoms with Crippen molar-refractivity contribution in [3.8, 4) is 22.9 Å². The van der Waals surface area contributed by atoms with Gasteiger partial charge in [0, 0.05) is 16.4 Å². The first-order chi connectivity index (χ1) is 15.5. The Kier molecular flexibility index (Phi) is 6.19. The zero-order valence-corrected chi connectivity index (χ0v) is 17.9. The van der Waals surface area contributed by atoms with Crippen LogP contribution in [0.4, 0.5) is 10.5 Å². The third kappa shape index (κ3) is 4.96. The van der Waals surface area contributed by atoms with Crippen LogP contribution in [0.15, 0.2) is 88.2 Å². The number of nitrogens with zero attached hydrogens (tertiary/aromatic N) is 2. The molecule has 0 aliphatic heterocycles. The van der Waals surface area contributed by atoms with Gasteiger partial charge in [-0.1, -0.05) is 18.2 Å². The second-order valence-corrected chi connectivity index (χ2v) is 7.23. The standard InChI is InChI=1S/C24H19ClN4O3/c1-15(26-24(30)28-18-10-8-17(25)9-11-18)7-12-19-16(2)27-22(20-5-3-13-31-20)23(29-19)21-6-4-14-32-21/h3-14H,1H2,2H3,(H2,26,28,30). The number of aryl methyl sites for hydroxylation is 1. The van der Waals surface area contributed by atoms with Gasteiger partial charge < -0.3 is 19.5 Å². The maximum Gasteiger partial charge on any atom is 0.323 e. The Hall–Kier alpha value is -4.10. The van der Waals surface area contributed by atoms with Crippen LogP contribution in [0, 0.1) is 6.92 Å². The van der Waals surface area contributed by atoms with Crippen molar-refractivity contribution in [2.45, 2.75) is 6.92 Å². The lowest BCUT2D eigenvalue weighted by atomic mass is 10.1. The summed E-state index contributed by atoms with van der Waals surface area (Å²) < 4.78 is 11.0. The van der Waals surface area contributed by atoms with Gasteiger partial charge in [-0.2, -0.15) is 0 Å². The Bertz CT molecular complexity index is 1260. The predicted molar refractivity (Wildman–Crippen MR) is 124 cm³/mol. The first kappa shape index (κ1) is 21.1. The first-order valence-electron chi connectivity index (χ1n) is 9.66. The fraction of sp³-hybridized carbons (Fsp3) is 0.0417. The van der Waals surface area contributed by atoms with E-state index >= 15 is 0 Å². The molecule has 3 heterocycles. The van der Waals surface area contributed by atoms with Crippen molar-refractivity contribution in [3.63, 3.8) is 0 Å². The van der Waals surface area contributed by atoms with Gasteiger partial charge in [0.05, 0.1) is 23.9 Å². The molecule has 0 radical (unpaired) electrons. The monoisotopic (exact) mass is 446 g/mol. The summed E-state index contributed by atoms with van der Waals surface area (Å²) in [6.07, 6.45) is 6.53. The second-order valence-electron chi connectivity index (χ2n) is 6.79. The number of carbonyl (C=O) groups excluding carboxylic acids is 1. The zero-order chi connectivity index (χ0) is 22.5. The number of benzene rings is 1. The molecule has 0 atom stereocenters. The quantitative estimate of drug-likeness (QED) is 0.338. The average molecular weight is 447 g/mol. The minimum absolute atomic E-state index is 0.382. The number of amides is 2. The molecular formula is C24H19ClN4O3. The van der Waals surface area contributed by atoms with Gasteiger partial charge in [0.1, 0.15) is 11.4 Å². The van der Waals surface area contributed by atoms with Crippen molar-refractivity contribution in [1.82, 2.24) is 15.3 Å². The van der Waals surface area contributed by atoms with E-state index in [9.17, 15) is 4.79 Å². The van der Waals surface area contributed by atoms with E-state index in [1.165, 1.54) is 0 Å². The fourth-order valence-electron chi connectivity index (χ4n) is 2.92. The molecule has 0 saturated heterocycles. The molecule has 0 aliphatic carbocycles. The number of anilines is 1. The predicted octanol–water partition coefficient (Wildman–Crippen LogP) is 6.31. The van der Waals surface area contributed by atoms with Crippen molar-refractivity contribution in [2.75, 3.05) is 5.32 Å². The number of furan rings is 2. The fourth-order valence-corrected chi connectivity index (χ4v) is 3.05. The number of urea groups is 1. The van der Waals surface area contributed by atoms with Gasteiger partial charge in [0.25, 0.3) is 0 Å². The van der Waals surface area contributed by atoms with Crippen molar-refractivity contribution in [3.05, 3.63) is 95.8 Å². The van der Waals surface area contributed by atoms with Crippen LogP contribution in [0.1, 0.15) is 11.4 Å². The topological polar surface area (TPSA) is 93.2 Å². The third-order valence-electron chi connectivity index (χ3n) is 4.43. The molecule has 0 fully saturated rings. The molecule has 4 aromatic rings. The smallest absolute Gasteiger partial charge is 0.323 e. The summed E-state index contributed by atoms with van der Waals surface area (Å²) in [6.45, 7) is 5.71. The van der Waals surface area contributed by atoms with E-state index in [2.05, 4.69) is 22.2 Å². The lowest BCUT2D eigenvalue weighted by Crippen LogP contribution is -2.26. The normalized spacial score (nSPS) is 10.9. The summed E-state index contributed by atoms with van der Waals surface area (Å²) in [5, 5.41) is 5.96. The van der Waals surface area contributed by atoms with Gasteiger partial charge in [0.15, 0.2) is 11.5 Å². The number of aromatic nitrogens is 2. The molecule has 0 spiro atoms. The van der Waals surface area contributed by atoms with E-state index < -0.39 is 6.03 Å². The van der Waals surface area contributed by atoms with Gasteiger partial charge in [0.2, 0.25) is 0 Å². The number of halogens is 1. The van der Waals surface area contributed by atoms with E-state index in [1.54, 1.807) is 67.1 Å². The molecule has 3 aromatic heterocycles. The molecule has 8 heteroatoms. The molecular weight excluding hydrogens is 428 g/mol. The molecule has 0 unspecified atom stereocenters. The number of hydrogen-bond donors (Lipinski definition) is 2. The molecule has 7 nitrogen and oxygen atoms in total. The Morgan fingerprint density at radius 1 is 1.00 bits per heavy atom. The van der Waals surface area contributed by atoms with Crippen molar-refractivity contribution in [2.24, 2.45) is 0 Å². The van der Waals surface area contributed by atoms with Gasteiger partial charge in [-0.3, -0.25) is 0 Å². The molecule has 32 heavy (non-hydrogen) atoms. The maximum atomic E-state index is 12.2. The highest BCUT2D eigenvalue weighted by molar-refractivity contribution is 6.30. The van der Waals surface area contributed by atoms with Crippen LogP contribution in [0.2, 0.25) is 5.02 Å². The van der Waals surface area contributed by atoms with Crippen molar-refractivity contribution < 1.29 is 13.6 Å². The molecule has 0 saturated carbocycles. The number of carbonyl (C=O) groups is 1. The first-order valence-corrected chi connectivity index (χ1v) is 10.0. The minimum Gasteiger partial charge on any atom is -0.463 e. The number of nitrogens with one attached hydrogen (secondary N) is 2. The average Bonchev–Trinajstić information content (AvgIpc) is 3.48. The molecule has 2 N–H and O–H groups in total. The number of rotatable bonds is 6. The van der Waals surface area contributed by atoms with E-state index in [0.29, 0.717) is 50.7 Å². The summed E-state index contributed by atoms with van der Waals surface area (Å²) in [4.78, 5) is 21.5. The molecule has 2 amide bonds. The Labute approximate surface area is 189 Å². The molecule has 0 bridgehead atoms. The van der Waals surface area contributed by atoms with E-state index in [4.69, 9.17) is 25.4 Å². The third-order valence-corrected chi connectivity index (χ3v) is 4.69. The Morgan fingerprint density at radius 2 is 1.62 bits per heavy atom. The summed E-state index contributed by atoms with van der Waals surface area (Å²) in [5.41, 5.74) is 3.41. The lowest BCUT2D eigenvalue weighted by Gasteiger charge is -2.09. The lowest BCUT2D eigenvalue weighted by molar-refractivity contribution is 0.254. The molecule has 160 valence electrons. The molecule has 0 aliphatic rings. The number of hydrogen-bond acceptors (Lipinski definition) is 5. The highest BCUT2D eigenvalue weighted by Crippen LogP contribution is 2.30. The molecule has 4 rings (SSSR count). The maximum absolute atomic E-state index is 12.2. The summed E-state index contributed by atoms with van der Waals surface area (Å²) in [6, 6.07) is 13.6. The largest absolute Gasteiger partial charge is 0.463 e. The molecule has 1 aromatic carbocycles. The van der Waals surface area contributed by atoms with E-state index in [-0.39, 0.29) is 0 Å². The number of allylic oxidation sites excluding steroid dienone is 1. The van der Waals surface area contributed by atoms with Crippen LogP contribution in [0.3, 0.4) is 0 Å². The van der Waals surface area contributed by atoms with E-state index in [1.807, 2.05) is 13.0 Å². The Morgan fingerprint density at radius 3 is 2.22 bits per heavy atom. The zero-order valence-electron chi connectivity index (χ0n) is 17.1. The summed E-state index contributed by atoms with van der Waals surface area (Å²) >= 11 is 5.85. The SMILES string of the molecule is C=C(C=Cc1nc(-c2ccco2)c(-c2ccco2)nc1C)NC(=O)Nc1ccc(Cl)cc1. The van der Waals surface area contributed by atoms with Gasteiger partial charge in [-0.15, -0.1) is 0 Å². The van der Waals surface area contributed by atoms with Crippen LogP contribution in [0.5, 0.6) is 0 Å². The van der Waals surface area contributed by atoms with Gasteiger partial charge in [-0.05, 0) is 67.6 Å². The van der Waals surface area contributed by atoms with Crippen molar-refractivity contribution in [1.29, 1.82) is 0 Å². The van der Waals surface area contributed by atoms with Crippen LogP contribution in [0.25, 0.3) is 29.0 Å². The Balaban J connectivity index is 1.52. The van der Waals surface area contributed by atoms with Gasteiger partial charge >= 0.3 is 6.03 Å². The van der Waals surface area contributed by atoms with Gasteiger partial charge in [-0.25, -0.2) is 14.8 Å².